The lowest BCUT2D eigenvalue weighted by atomic mass is 10.2. The fourth-order valence-electron chi connectivity index (χ4n) is 2.20. The average Bonchev–Trinajstić information content (AvgIpc) is 3.16. The van der Waals surface area contributed by atoms with Gasteiger partial charge in [0, 0.05) is 13.7 Å². The van der Waals surface area contributed by atoms with E-state index in [1.807, 2.05) is 4.57 Å². The zero-order chi connectivity index (χ0) is 15.9. The molecule has 1 aromatic rings. The van der Waals surface area contributed by atoms with E-state index in [4.69, 9.17) is 15.0 Å². The lowest BCUT2D eigenvalue weighted by Gasteiger charge is -2.16. The van der Waals surface area contributed by atoms with Gasteiger partial charge in [-0.15, -0.1) is 0 Å². The molecule has 3 unspecified atom stereocenters. The Morgan fingerprint density at radius 1 is 1.68 bits per heavy atom. The third-order valence-electron chi connectivity index (χ3n) is 3.22. The Balaban J connectivity index is 2.02. The summed E-state index contributed by atoms with van der Waals surface area (Å²) < 4.78 is 17.6. The molecule has 0 aromatic carbocycles. The van der Waals surface area contributed by atoms with Gasteiger partial charge in [-0.2, -0.15) is 0 Å². The Morgan fingerprint density at radius 2 is 2.50 bits per heavy atom. The number of nitrogens with zero attached hydrogens (tertiary/aromatic N) is 4. The molecule has 1 fully saturated rings. The minimum atomic E-state index is -1.83. The van der Waals surface area contributed by atoms with Crippen LogP contribution in [0.5, 0.6) is 0 Å². The summed E-state index contributed by atoms with van der Waals surface area (Å²) in [4.78, 5) is 21.3. The summed E-state index contributed by atoms with van der Waals surface area (Å²) in [7, 11) is -0.444. The van der Waals surface area contributed by atoms with Crippen molar-refractivity contribution in [3.63, 3.8) is 0 Å². The van der Waals surface area contributed by atoms with Crippen molar-refractivity contribution in [1.29, 1.82) is 0 Å². The Hall–Kier alpha value is -1.22. The van der Waals surface area contributed by atoms with E-state index in [-0.39, 0.29) is 25.5 Å². The number of hydrogen-bond donors (Lipinski definition) is 2. The molecule has 2 rings (SSSR count). The van der Waals surface area contributed by atoms with Gasteiger partial charge in [0.15, 0.2) is 5.82 Å². The predicted molar refractivity (Wildman–Crippen MR) is 83.1 cm³/mol. The van der Waals surface area contributed by atoms with Crippen LogP contribution in [-0.2, 0) is 20.3 Å². The maximum Gasteiger partial charge on any atom is 0.329 e. The molecule has 122 valence electrons. The van der Waals surface area contributed by atoms with E-state index in [9.17, 15) is 4.89 Å². The molecular weight excluding hydrogens is 309 g/mol. The van der Waals surface area contributed by atoms with Crippen molar-refractivity contribution >= 4 is 27.5 Å². The van der Waals surface area contributed by atoms with Crippen LogP contribution in [-0.4, -0.2) is 47.3 Å². The normalized spacial score (nSPS) is 23.2. The second-order valence-electron chi connectivity index (χ2n) is 4.56. The molecule has 0 amide bonds. The van der Waals surface area contributed by atoms with Gasteiger partial charge in [-0.25, -0.2) is 9.98 Å². The van der Waals surface area contributed by atoms with Crippen LogP contribution >= 0.6 is 8.60 Å². The highest BCUT2D eigenvalue weighted by atomic mass is 31.2. The molecule has 9 nitrogen and oxygen atoms in total. The van der Waals surface area contributed by atoms with Crippen LogP contribution in [0.4, 0.5) is 5.82 Å². The quantitative estimate of drug-likeness (QED) is 0.421. The topological polar surface area (TPSA) is 116 Å². The lowest BCUT2D eigenvalue weighted by molar-refractivity contribution is -0.0190. The van der Waals surface area contributed by atoms with Gasteiger partial charge in [0.25, 0.3) is 0 Å². The van der Waals surface area contributed by atoms with E-state index in [1.54, 1.807) is 6.33 Å². The van der Waals surface area contributed by atoms with Crippen molar-refractivity contribution in [2.45, 2.75) is 31.7 Å². The van der Waals surface area contributed by atoms with Crippen molar-refractivity contribution in [2.24, 2.45) is 15.7 Å². The first-order chi connectivity index (χ1) is 10.7. The Labute approximate surface area is 129 Å². The van der Waals surface area contributed by atoms with Crippen LogP contribution in [0.1, 0.15) is 24.8 Å². The van der Waals surface area contributed by atoms with E-state index in [0.717, 1.165) is 12.8 Å². The zero-order valence-corrected chi connectivity index (χ0v) is 13.2. The molecule has 3 atom stereocenters. The monoisotopic (exact) mass is 329 g/mol. The Kier molecular flexibility index (Phi) is 6.56. The summed E-state index contributed by atoms with van der Waals surface area (Å²) >= 11 is 0. The van der Waals surface area contributed by atoms with Crippen LogP contribution in [0.2, 0.25) is 0 Å². The predicted octanol–water partition coefficient (Wildman–Crippen LogP) is 1.26. The largest absolute Gasteiger partial charge is 0.352 e. The van der Waals surface area contributed by atoms with Crippen molar-refractivity contribution in [3.8, 4) is 0 Å². The van der Waals surface area contributed by atoms with E-state index in [1.165, 1.54) is 13.4 Å². The molecule has 1 saturated heterocycles. The van der Waals surface area contributed by atoms with E-state index in [0.29, 0.717) is 11.5 Å². The molecule has 1 aliphatic heterocycles. The first-order valence-electron chi connectivity index (χ1n) is 6.75. The van der Waals surface area contributed by atoms with Crippen LogP contribution in [0.3, 0.4) is 0 Å². The number of nitrogens with two attached hydrogens (primary N) is 1. The molecule has 3 N–H and O–H groups in total. The summed E-state index contributed by atoms with van der Waals surface area (Å²) in [6.07, 6.45) is 4.27. The molecule has 22 heavy (non-hydrogen) atoms. The fourth-order valence-corrected chi connectivity index (χ4v) is 2.60. The molecule has 0 radical (unpaired) electrons. The first kappa shape index (κ1) is 17.1. The number of aromatic nitrogens is 2. The van der Waals surface area contributed by atoms with Crippen molar-refractivity contribution < 1.29 is 18.7 Å². The van der Waals surface area contributed by atoms with Crippen molar-refractivity contribution in [1.82, 2.24) is 9.55 Å². The van der Waals surface area contributed by atoms with Crippen molar-refractivity contribution in [3.05, 3.63) is 12.0 Å². The molecule has 0 aliphatic carbocycles. The van der Waals surface area contributed by atoms with Gasteiger partial charge in [0.2, 0.25) is 0 Å². The maximum atomic E-state index is 9.28. The SMILES string of the molecule is C=N/C=N\c1c(CN)ncn1C1CCC(COP(O)OC)O1. The molecular formula is C12H20N5O4P. The smallest absolute Gasteiger partial charge is 0.329 e. The average molecular weight is 329 g/mol. The summed E-state index contributed by atoms with van der Waals surface area (Å²) in [6.45, 7) is 3.91. The van der Waals surface area contributed by atoms with Gasteiger partial charge in [0.1, 0.15) is 12.6 Å². The molecule has 0 bridgehead atoms. The molecule has 1 aliphatic rings. The summed E-state index contributed by atoms with van der Waals surface area (Å²) in [6, 6.07) is 0. The Morgan fingerprint density at radius 3 is 3.18 bits per heavy atom. The summed E-state index contributed by atoms with van der Waals surface area (Å²) in [5, 5.41) is 0. The highest BCUT2D eigenvalue weighted by Gasteiger charge is 2.29. The number of rotatable bonds is 8. The molecule has 0 spiro atoms. The van der Waals surface area contributed by atoms with Crippen LogP contribution in [0.25, 0.3) is 0 Å². The van der Waals surface area contributed by atoms with Crippen molar-refractivity contribution in [2.75, 3.05) is 13.7 Å². The van der Waals surface area contributed by atoms with Crippen LogP contribution < -0.4 is 5.73 Å². The molecule has 10 heteroatoms. The fraction of sp³-hybridized carbons (Fsp3) is 0.583. The number of ether oxygens (including phenoxy) is 1. The standard InChI is InChI=1S/C12H20N5O4P/c1-14-7-15-12-10(5-13)16-8-17(12)11-4-3-9(21-11)6-20-22(18)19-2/h7-9,11,18H,1,3-6,13H2,2H3/b15-7-. The number of hydrogen-bond acceptors (Lipinski definition) is 7. The Bertz CT molecular complexity index is 524. The summed E-state index contributed by atoms with van der Waals surface area (Å²) in [5.74, 6) is 0.614. The molecule has 0 saturated carbocycles. The second kappa shape index (κ2) is 8.42. The van der Waals surface area contributed by atoms with E-state index in [2.05, 4.69) is 26.2 Å². The van der Waals surface area contributed by atoms with Crippen LogP contribution in [0, 0.1) is 0 Å². The summed E-state index contributed by atoms with van der Waals surface area (Å²) in [5.41, 5.74) is 6.33. The minimum absolute atomic E-state index is 0.115. The number of aliphatic imine (C=N–C) groups is 2. The minimum Gasteiger partial charge on any atom is -0.352 e. The zero-order valence-electron chi connectivity index (χ0n) is 12.3. The second-order valence-corrected chi connectivity index (χ2v) is 5.66. The highest BCUT2D eigenvalue weighted by Crippen LogP contribution is 2.36. The maximum absolute atomic E-state index is 9.28. The lowest BCUT2D eigenvalue weighted by Crippen LogP contribution is -2.15. The van der Waals surface area contributed by atoms with Gasteiger partial charge in [-0.05, 0) is 19.6 Å². The first-order valence-corrected chi connectivity index (χ1v) is 7.88. The van der Waals surface area contributed by atoms with Gasteiger partial charge in [-0.3, -0.25) is 9.56 Å². The van der Waals surface area contributed by atoms with Gasteiger partial charge >= 0.3 is 8.60 Å². The van der Waals surface area contributed by atoms with E-state index >= 15 is 0 Å². The number of imidazole rings is 1. The molecule has 2 heterocycles. The third-order valence-corrected chi connectivity index (χ3v) is 3.90. The van der Waals surface area contributed by atoms with Gasteiger partial charge in [-0.1, -0.05) is 0 Å². The van der Waals surface area contributed by atoms with Gasteiger partial charge in [0.05, 0.1) is 24.7 Å². The molecule has 1 aromatic heterocycles. The third kappa shape index (κ3) is 4.16. The van der Waals surface area contributed by atoms with Gasteiger partial charge < -0.3 is 24.4 Å². The van der Waals surface area contributed by atoms with Crippen LogP contribution in [0.15, 0.2) is 16.3 Å². The van der Waals surface area contributed by atoms with E-state index < -0.39 is 8.60 Å². The highest BCUT2D eigenvalue weighted by molar-refractivity contribution is 7.40.